The van der Waals surface area contributed by atoms with E-state index in [9.17, 15) is 5.26 Å². The summed E-state index contributed by atoms with van der Waals surface area (Å²) in [7, 11) is 0. The second kappa shape index (κ2) is 4.71. The molecule has 2 aromatic heterocycles. The number of aryl methyl sites for hydroxylation is 1. The number of nitriles is 1. The molecule has 0 spiro atoms. The maximum Gasteiger partial charge on any atom is 0.140 e. The molecule has 0 amide bonds. The van der Waals surface area contributed by atoms with Crippen molar-refractivity contribution in [3.8, 4) is 11.9 Å². The Morgan fingerprint density at radius 3 is 2.90 bits per heavy atom. The lowest BCUT2D eigenvalue weighted by Crippen LogP contribution is -2.08. The molecule has 102 valence electrons. The zero-order valence-electron chi connectivity index (χ0n) is 11.6. The molecular weight excluding hydrogens is 260 g/mol. The minimum Gasteiger partial charge on any atom is -0.287 e. The number of fused-ring (bicyclic) bond motifs is 2. The smallest absolute Gasteiger partial charge is 0.140 e. The first-order chi connectivity index (χ1) is 10.4. The Morgan fingerprint density at radius 1 is 1.14 bits per heavy atom. The Balaban J connectivity index is 1.95. The largest absolute Gasteiger partial charge is 0.287 e. The molecule has 2 heterocycles. The number of imidazole rings is 1. The van der Waals surface area contributed by atoms with E-state index in [1.807, 2.05) is 41.2 Å². The van der Waals surface area contributed by atoms with Crippen molar-refractivity contribution in [3.05, 3.63) is 53.6 Å². The van der Waals surface area contributed by atoms with Crippen molar-refractivity contribution in [2.75, 3.05) is 0 Å². The van der Waals surface area contributed by atoms with Gasteiger partial charge in [0, 0.05) is 11.1 Å². The van der Waals surface area contributed by atoms with Crippen molar-refractivity contribution in [2.45, 2.75) is 25.7 Å². The van der Waals surface area contributed by atoms with Crippen LogP contribution in [0.5, 0.6) is 0 Å². The van der Waals surface area contributed by atoms with Crippen LogP contribution >= 0.6 is 0 Å². The van der Waals surface area contributed by atoms with E-state index in [0.29, 0.717) is 5.56 Å². The molecule has 21 heavy (non-hydrogen) atoms. The molecule has 1 aromatic carbocycles. The summed E-state index contributed by atoms with van der Waals surface area (Å²) in [6.45, 7) is 0. The zero-order valence-corrected chi connectivity index (χ0v) is 11.6. The van der Waals surface area contributed by atoms with E-state index in [1.54, 1.807) is 0 Å². The second-order valence-electron chi connectivity index (χ2n) is 5.37. The Bertz CT molecular complexity index is 870. The number of pyridine rings is 1. The van der Waals surface area contributed by atoms with Crippen LogP contribution in [0.1, 0.15) is 29.8 Å². The third-order valence-corrected chi connectivity index (χ3v) is 4.10. The van der Waals surface area contributed by atoms with E-state index in [1.165, 1.54) is 24.2 Å². The van der Waals surface area contributed by atoms with Crippen molar-refractivity contribution < 1.29 is 0 Å². The van der Waals surface area contributed by atoms with E-state index >= 15 is 0 Å². The molecule has 0 atom stereocenters. The average Bonchev–Trinajstić information content (AvgIpc) is 2.98. The highest BCUT2D eigenvalue weighted by atomic mass is 15.1. The molecule has 1 aliphatic rings. The number of hydrogen-bond donors (Lipinski definition) is 0. The maximum atomic E-state index is 9.39. The average molecular weight is 274 g/mol. The summed E-state index contributed by atoms with van der Waals surface area (Å²) in [6.07, 6.45) is 6.32. The van der Waals surface area contributed by atoms with Gasteiger partial charge in [0.15, 0.2) is 0 Å². The van der Waals surface area contributed by atoms with Gasteiger partial charge in [-0.25, -0.2) is 9.97 Å². The van der Waals surface area contributed by atoms with Crippen molar-refractivity contribution in [1.82, 2.24) is 14.5 Å². The van der Waals surface area contributed by atoms with Gasteiger partial charge in [-0.15, -0.1) is 0 Å². The summed E-state index contributed by atoms with van der Waals surface area (Å²) < 4.78 is 2.04. The van der Waals surface area contributed by atoms with Crippen molar-refractivity contribution in [2.24, 2.45) is 0 Å². The summed E-state index contributed by atoms with van der Waals surface area (Å²) in [5, 5.41) is 10.3. The molecule has 0 radical (unpaired) electrons. The fraction of sp³-hybridized carbons (Fsp3) is 0.235. The van der Waals surface area contributed by atoms with Crippen LogP contribution in [0.3, 0.4) is 0 Å². The first-order valence-electron chi connectivity index (χ1n) is 7.22. The highest BCUT2D eigenvalue weighted by Crippen LogP contribution is 2.25. The van der Waals surface area contributed by atoms with Gasteiger partial charge in [0.2, 0.25) is 0 Å². The summed E-state index contributed by atoms with van der Waals surface area (Å²) in [6, 6.07) is 11.9. The first kappa shape index (κ1) is 12.1. The summed E-state index contributed by atoms with van der Waals surface area (Å²) in [4.78, 5) is 9.21. The van der Waals surface area contributed by atoms with Gasteiger partial charge in [0.05, 0.1) is 22.8 Å². The van der Waals surface area contributed by atoms with Gasteiger partial charge in [0.1, 0.15) is 12.1 Å². The number of rotatable bonds is 1. The first-order valence-corrected chi connectivity index (χ1v) is 7.22. The Morgan fingerprint density at radius 2 is 2.00 bits per heavy atom. The summed E-state index contributed by atoms with van der Waals surface area (Å²) in [5.74, 6) is 0.793. The normalized spacial score (nSPS) is 13.9. The fourth-order valence-electron chi connectivity index (χ4n) is 3.04. The Labute approximate surface area is 122 Å². The van der Waals surface area contributed by atoms with Gasteiger partial charge in [-0.05, 0) is 37.8 Å². The molecule has 4 heteroatoms. The van der Waals surface area contributed by atoms with Crippen molar-refractivity contribution in [3.63, 3.8) is 0 Å². The lowest BCUT2D eigenvalue weighted by atomic mass is 10.0. The molecule has 0 N–H and O–H groups in total. The van der Waals surface area contributed by atoms with E-state index in [2.05, 4.69) is 11.1 Å². The molecule has 0 bridgehead atoms. The fourth-order valence-corrected chi connectivity index (χ4v) is 3.04. The molecule has 0 saturated heterocycles. The minimum atomic E-state index is 0.661. The predicted molar refractivity (Wildman–Crippen MR) is 80.2 cm³/mol. The SMILES string of the molecule is N#Cc1cc(-n2cnc3c2CCCC3)nc2ccccc12. The van der Waals surface area contributed by atoms with E-state index in [4.69, 9.17) is 4.98 Å². The third-order valence-electron chi connectivity index (χ3n) is 4.10. The van der Waals surface area contributed by atoms with Crippen molar-refractivity contribution in [1.29, 1.82) is 5.26 Å². The molecule has 0 aliphatic heterocycles. The Hall–Kier alpha value is -2.67. The summed E-state index contributed by atoms with van der Waals surface area (Å²) in [5.41, 5.74) is 3.93. The molecule has 0 fully saturated rings. The minimum absolute atomic E-state index is 0.661. The van der Waals surface area contributed by atoms with E-state index in [-0.39, 0.29) is 0 Å². The van der Waals surface area contributed by atoms with E-state index in [0.717, 1.165) is 29.6 Å². The number of benzene rings is 1. The predicted octanol–water partition coefficient (Wildman–Crippen LogP) is 3.17. The second-order valence-corrected chi connectivity index (χ2v) is 5.37. The van der Waals surface area contributed by atoms with Gasteiger partial charge < -0.3 is 0 Å². The number of aromatic nitrogens is 3. The molecule has 0 saturated carbocycles. The lowest BCUT2D eigenvalue weighted by molar-refractivity contribution is 0.654. The van der Waals surface area contributed by atoms with Gasteiger partial charge in [-0.3, -0.25) is 4.57 Å². The zero-order chi connectivity index (χ0) is 14.2. The van der Waals surface area contributed by atoms with Crippen LogP contribution in [0.2, 0.25) is 0 Å². The van der Waals surface area contributed by atoms with Crippen LogP contribution in [0.25, 0.3) is 16.7 Å². The lowest BCUT2D eigenvalue weighted by Gasteiger charge is -2.14. The van der Waals surface area contributed by atoms with Crippen LogP contribution < -0.4 is 0 Å². The van der Waals surface area contributed by atoms with Crippen LogP contribution in [-0.2, 0) is 12.8 Å². The van der Waals surface area contributed by atoms with Crippen LogP contribution in [-0.4, -0.2) is 14.5 Å². The van der Waals surface area contributed by atoms with Crippen LogP contribution in [0.15, 0.2) is 36.7 Å². The Kier molecular flexibility index (Phi) is 2.71. The van der Waals surface area contributed by atoms with Crippen LogP contribution in [0.4, 0.5) is 0 Å². The molecule has 0 unspecified atom stereocenters. The topological polar surface area (TPSA) is 54.5 Å². The highest BCUT2D eigenvalue weighted by Gasteiger charge is 2.17. The quantitative estimate of drug-likeness (QED) is 0.685. The number of hydrogen-bond acceptors (Lipinski definition) is 3. The molecular formula is C17H14N4. The van der Waals surface area contributed by atoms with Gasteiger partial charge in [0.25, 0.3) is 0 Å². The standard InChI is InChI=1S/C17H14N4/c18-10-12-9-17(20-14-6-2-1-5-13(12)14)21-11-19-15-7-3-4-8-16(15)21/h1-2,5-6,9,11H,3-4,7-8H2. The van der Waals surface area contributed by atoms with Crippen molar-refractivity contribution >= 4 is 10.9 Å². The number of para-hydroxylation sites is 1. The molecule has 1 aliphatic carbocycles. The third kappa shape index (κ3) is 1.90. The molecule has 4 rings (SSSR count). The monoisotopic (exact) mass is 274 g/mol. The van der Waals surface area contributed by atoms with Gasteiger partial charge >= 0.3 is 0 Å². The maximum absolute atomic E-state index is 9.39. The van der Waals surface area contributed by atoms with Crippen LogP contribution in [0, 0.1) is 11.3 Å². The van der Waals surface area contributed by atoms with Gasteiger partial charge in [-0.2, -0.15) is 5.26 Å². The highest BCUT2D eigenvalue weighted by molar-refractivity contribution is 5.85. The molecule has 3 aromatic rings. The summed E-state index contributed by atoms with van der Waals surface area (Å²) >= 11 is 0. The molecule has 4 nitrogen and oxygen atoms in total. The van der Waals surface area contributed by atoms with E-state index < -0.39 is 0 Å². The number of nitrogens with zero attached hydrogens (tertiary/aromatic N) is 4. The van der Waals surface area contributed by atoms with Gasteiger partial charge in [-0.1, -0.05) is 18.2 Å².